The van der Waals surface area contributed by atoms with Gasteiger partial charge in [0.15, 0.2) is 0 Å². The van der Waals surface area contributed by atoms with Crippen LogP contribution in [-0.4, -0.2) is 51.2 Å². The van der Waals surface area contributed by atoms with Gasteiger partial charge in [-0.2, -0.15) is 0 Å². The zero-order valence-corrected chi connectivity index (χ0v) is 10.2. The third-order valence-electron chi connectivity index (χ3n) is 2.45. The third kappa shape index (κ3) is 11.8. The van der Waals surface area contributed by atoms with E-state index in [9.17, 15) is 0 Å². The Hall–Kier alpha value is -0.160. The fourth-order valence-corrected chi connectivity index (χ4v) is 1.46. The maximum atomic E-state index is 5.45. The van der Waals surface area contributed by atoms with Crippen molar-refractivity contribution in [2.24, 2.45) is 11.5 Å². The molecule has 0 aliphatic rings. The molecule has 4 nitrogen and oxygen atoms in total. The third-order valence-corrected chi connectivity index (χ3v) is 2.45. The Morgan fingerprint density at radius 1 is 0.867 bits per heavy atom. The number of nitrogens with two attached hydrogens (primary N) is 2. The zero-order valence-electron chi connectivity index (χ0n) is 10.2. The Balaban J connectivity index is 3.02. The summed E-state index contributed by atoms with van der Waals surface area (Å²) in [6.45, 7) is 6.06. The van der Waals surface area contributed by atoms with Crippen molar-refractivity contribution in [1.29, 1.82) is 0 Å². The predicted octanol–water partition coefficient (Wildman–Crippen LogP) is -0.0144. The summed E-state index contributed by atoms with van der Waals surface area (Å²) in [5.41, 5.74) is 10.9. The molecule has 0 spiro atoms. The Morgan fingerprint density at radius 3 is 2.13 bits per heavy atom. The molecule has 0 radical (unpaired) electrons. The number of hydrogen-bond acceptors (Lipinski definition) is 4. The summed E-state index contributed by atoms with van der Waals surface area (Å²) >= 11 is 0. The van der Waals surface area contributed by atoms with Crippen LogP contribution in [0.2, 0.25) is 0 Å². The van der Waals surface area contributed by atoms with Gasteiger partial charge in [-0.05, 0) is 72.0 Å². The molecule has 0 aliphatic carbocycles. The monoisotopic (exact) mass is 216 g/mol. The van der Waals surface area contributed by atoms with Crippen molar-refractivity contribution in [3.8, 4) is 0 Å². The highest BCUT2D eigenvalue weighted by atomic mass is 15.1. The molecule has 0 aromatic rings. The summed E-state index contributed by atoms with van der Waals surface area (Å²) in [5, 5.41) is 3.38. The average molecular weight is 216 g/mol. The van der Waals surface area contributed by atoms with Gasteiger partial charge in [-0.3, -0.25) is 0 Å². The molecule has 0 unspecified atom stereocenters. The maximum absolute atomic E-state index is 5.45. The standard InChI is InChI=1S/C11H28N4/c1-15(11-5-7-13)10-3-2-8-14-9-4-6-12/h14H,2-13H2,1H3. The maximum Gasteiger partial charge on any atom is -0.000977 e. The van der Waals surface area contributed by atoms with E-state index in [-0.39, 0.29) is 0 Å². The van der Waals surface area contributed by atoms with Gasteiger partial charge in [-0.1, -0.05) is 0 Å². The molecule has 0 bridgehead atoms. The normalized spacial score (nSPS) is 11.2. The summed E-state index contributed by atoms with van der Waals surface area (Å²) in [6, 6.07) is 0. The van der Waals surface area contributed by atoms with Crippen molar-refractivity contribution in [2.75, 3.05) is 46.3 Å². The van der Waals surface area contributed by atoms with Crippen molar-refractivity contribution >= 4 is 0 Å². The lowest BCUT2D eigenvalue weighted by Crippen LogP contribution is -2.24. The zero-order chi connectivity index (χ0) is 11.4. The number of nitrogens with zero attached hydrogens (tertiary/aromatic N) is 1. The summed E-state index contributed by atoms with van der Waals surface area (Å²) in [5.74, 6) is 0. The van der Waals surface area contributed by atoms with E-state index in [1.165, 1.54) is 19.4 Å². The van der Waals surface area contributed by atoms with Crippen LogP contribution in [-0.2, 0) is 0 Å². The number of rotatable bonds is 11. The highest BCUT2D eigenvalue weighted by Crippen LogP contribution is 1.93. The Kier molecular flexibility index (Phi) is 11.8. The molecule has 0 aromatic heterocycles. The van der Waals surface area contributed by atoms with Crippen molar-refractivity contribution in [1.82, 2.24) is 10.2 Å². The first kappa shape index (κ1) is 14.8. The summed E-state index contributed by atoms with van der Waals surface area (Å²) < 4.78 is 0. The Labute approximate surface area is 94.4 Å². The second-order valence-electron chi connectivity index (χ2n) is 4.04. The van der Waals surface area contributed by atoms with E-state index in [1.807, 2.05) is 0 Å². The van der Waals surface area contributed by atoms with E-state index in [4.69, 9.17) is 11.5 Å². The Bertz CT molecular complexity index is 119. The van der Waals surface area contributed by atoms with Gasteiger partial charge in [-0.15, -0.1) is 0 Å². The number of hydrogen-bond donors (Lipinski definition) is 3. The quantitative estimate of drug-likeness (QED) is 0.425. The molecule has 92 valence electrons. The molecule has 0 amide bonds. The van der Waals surface area contributed by atoms with Gasteiger partial charge in [0.05, 0.1) is 0 Å². The van der Waals surface area contributed by atoms with Crippen LogP contribution in [0.4, 0.5) is 0 Å². The van der Waals surface area contributed by atoms with Crippen LogP contribution in [0.3, 0.4) is 0 Å². The lowest BCUT2D eigenvalue weighted by atomic mass is 10.3. The molecular formula is C11H28N4. The molecule has 15 heavy (non-hydrogen) atoms. The highest BCUT2D eigenvalue weighted by Gasteiger charge is 1.96. The van der Waals surface area contributed by atoms with Crippen LogP contribution in [0.1, 0.15) is 25.7 Å². The SMILES string of the molecule is CN(CCCN)CCCCNCCCN. The van der Waals surface area contributed by atoms with Crippen LogP contribution in [0.15, 0.2) is 0 Å². The first-order chi connectivity index (χ1) is 7.31. The van der Waals surface area contributed by atoms with E-state index in [1.54, 1.807) is 0 Å². The molecule has 0 saturated heterocycles. The van der Waals surface area contributed by atoms with E-state index in [0.29, 0.717) is 0 Å². The lowest BCUT2D eigenvalue weighted by Gasteiger charge is -2.15. The van der Waals surface area contributed by atoms with Crippen molar-refractivity contribution in [3.05, 3.63) is 0 Å². The lowest BCUT2D eigenvalue weighted by molar-refractivity contribution is 0.322. The summed E-state index contributed by atoms with van der Waals surface area (Å²) in [6.07, 6.45) is 4.69. The first-order valence-corrected chi connectivity index (χ1v) is 6.10. The van der Waals surface area contributed by atoms with Crippen LogP contribution in [0.25, 0.3) is 0 Å². The van der Waals surface area contributed by atoms with Crippen molar-refractivity contribution in [2.45, 2.75) is 25.7 Å². The smallest absolute Gasteiger partial charge is 0.000977 e. The van der Waals surface area contributed by atoms with Crippen molar-refractivity contribution < 1.29 is 0 Å². The number of unbranched alkanes of at least 4 members (excludes halogenated alkanes) is 1. The van der Waals surface area contributed by atoms with Crippen LogP contribution < -0.4 is 16.8 Å². The van der Waals surface area contributed by atoms with Gasteiger partial charge in [0.25, 0.3) is 0 Å². The predicted molar refractivity (Wildman–Crippen MR) is 66.9 cm³/mol. The van der Waals surface area contributed by atoms with Gasteiger partial charge < -0.3 is 21.7 Å². The van der Waals surface area contributed by atoms with Crippen LogP contribution in [0.5, 0.6) is 0 Å². The minimum Gasteiger partial charge on any atom is -0.330 e. The van der Waals surface area contributed by atoms with Gasteiger partial charge in [-0.25, -0.2) is 0 Å². The molecular weight excluding hydrogens is 188 g/mol. The van der Waals surface area contributed by atoms with E-state index >= 15 is 0 Å². The van der Waals surface area contributed by atoms with Crippen LogP contribution >= 0.6 is 0 Å². The molecule has 0 aliphatic heterocycles. The molecule has 0 saturated carbocycles. The van der Waals surface area contributed by atoms with E-state index in [2.05, 4.69) is 17.3 Å². The van der Waals surface area contributed by atoms with E-state index in [0.717, 1.165) is 45.6 Å². The van der Waals surface area contributed by atoms with Crippen LogP contribution in [0, 0.1) is 0 Å². The molecule has 0 fully saturated rings. The fraction of sp³-hybridized carbons (Fsp3) is 1.00. The first-order valence-electron chi connectivity index (χ1n) is 6.10. The van der Waals surface area contributed by atoms with Crippen molar-refractivity contribution in [3.63, 3.8) is 0 Å². The minimum atomic E-state index is 0.787. The molecule has 5 N–H and O–H groups in total. The topological polar surface area (TPSA) is 67.3 Å². The van der Waals surface area contributed by atoms with Gasteiger partial charge >= 0.3 is 0 Å². The summed E-state index contributed by atoms with van der Waals surface area (Å²) in [4.78, 5) is 2.35. The summed E-state index contributed by atoms with van der Waals surface area (Å²) in [7, 11) is 2.16. The molecule has 0 heterocycles. The minimum absolute atomic E-state index is 0.787. The average Bonchev–Trinajstić information content (AvgIpc) is 2.25. The molecule has 0 rings (SSSR count). The second kappa shape index (κ2) is 11.9. The molecule has 0 aromatic carbocycles. The largest absolute Gasteiger partial charge is 0.330 e. The Morgan fingerprint density at radius 2 is 1.47 bits per heavy atom. The van der Waals surface area contributed by atoms with Gasteiger partial charge in [0.1, 0.15) is 0 Å². The second-order valence-corrected chi connectivity index (χ2v) is 4.04. The molecule has 4 heteroatoms. The number of nitrogens with one attached hydrogen (secondary N) is 1. The fourth-order valence-electron chi connectivity index (χ4n) is 1.46. The van der Waals surface area contributed by atoms with Gasteiger partial charge in [0, 0.05) is 0 Å². The molecule has 0 atom stereocenters. The van der Waals surface area contributed by atoms with E-state index < -0.39 is 0 Å². The van der Waals surface area contributed by atoms with Gasteiger partial charge in [0.2, 0.25) is 0 Å². The highest BCUT2D eigenvalue weighted by molar-refractivity contribution is 4.54.